The highest BCUT2D eigenvalue weighted by Crippen LogP contribution is 2.23. The second-order valence-corrected chi connectivity index (χ2v) is 8.31. The van der Waals surface area contributed by atoms with Crippen molar-refractivity contribution in [2.45, 2.75) is 33.6 Å². The molecule has 2 rings (SSSR count). The Morgan fingerprint density at radius 2 is 1.28 bits per heavy atom. The third-order valence-corrected chi connectivity index (χ3v) is 5.02. The summed E-state index contributed by atoms with van der Waals surface area (Å²) in [4.78, 5) is 44.2. The average Bonchev–Trinajstić information content (AvgIpc) is 2.59. The van der Waals surface area contributed by atoms with Crippen LogP contribution in [0.5, 0.6) is 0 Å². The zero-order chi connectivity index (χ0) is 18.8. The molecule has 2 aliphatic heterocycles. The Balaban J connectivity index is 1.82. The van der Waals surface area contributed by atoms with Crippen molar-refractivity contribution in [1.82, 2.24) is 19.6 Å². The van der Waals surface area contributed by atoms with E-state index < -0.39 is 0 Å². The summed E-state index contributed by atoms with van der Waals surface area (Å²) in [6, 6.07) is 0.0141. The van der Waals surface area contributed by atoms with Crippen LogP contribution in [-0.2, 0) is 9.59 Å². The number of carbonyl (C=O) groups excluding carboxylic acids is 3. The van der Waals surface area contributed by atoms with E-state index >= 15 is 0 Å². The summed E-state index contributed by atoms with van der Waals surface area (Å²) in [6.45, 7) is 9.49. The number of urea groups is 1. The second-order valence-electron chi connectivity index (χ2n) is 8.31. The molecule has 7 heteroatoms. The van der Waals surface area contributed by atoms with Crippen LogP contribution in [-0.4, -0.2) is 90.8 Å². The maximum absolute atomic E-state index is 12.7. The minimum absolute atomic E-state index is 0.00363. The lowest BCUT2D eigenvalue weighted by atomic mass is 9.93. The second kappa shape index (κ2) is 7.62. The molecule has 0 aliphatic carbocycles. The molecule has 25 heavy (non-hydrogen) atoms. The van der Waals surface area contributed by atoms with Gasteiger partial charge >= 0.3 is 6.03 Å². The maximum atomic E-state index is 12.7. The maximum Gasteiger partial charge on any atom is 0.319 e. The number of piperazine rings is 1. The third kappa shape index (κ3) is 4.64. The predicted molar refractivity (Wildman–Crippen MR) is 96.0 cm³/mol. The van der Waals surface area contributed by atoms with Gasteiger partial charge in [-0.1, -0.05) is 20.8 Å². The van der Waals surface area contributed by atoms with Gasteiger partial charge in [0.05, 0.1) is 0 Å². The Hall–Kier alpha value is -1.79. The lowest BCUT2D eigenvalue weighted by Crippen LogP contribution is -2.55. The van der Waals surface area contributed by atoms with E-state index in [0.29, 0.717) is 39.3 Å². The highest BCUT2D eigenvalue weighted by molar-refractivity contribution is 5.83. The molecule has 2 heterocycles. The van der Waals surface area contributed by atoms with E-state index in [9.17, 15) is 14.4 Å². The fraction of sp³-hybridized carbons (Fsp3) is 0.833. The SMILES string of the molecule is CN(C)C(=O)N1CCC(C(=O)N2CCN(C(=O)C(C)(C)C)CC2)CC1. The van der Waals surface area contributed by atoms with E-state index in [1.165, 1.54) is 0 Å². The van der Waals surface area contributed by atoms with Crippen molar-refractivity contribution in [2.75, 3.05) is 53.4 Å². The Bertz CT molecular complexity index is 511. The Morgan fingerprint density at radius 3 is 1.72 bits per heavy atom. The minimum Gasteiger partial charge on any atom is -0.339 e. The van der Waals surface area contributed by atoms with Gasteiger partial charge in [-0.15, -0.1) is 0 Å². The monoisotopic (exact) mass is 352 g/mol. The molecule has 2 aliphatic rings. The molecule has 4 amide bonds. The Labute approximate surface area is 150 Å². The van der Waals surface area contributed by atoms with Gasteiger partial charge in [-0.2, -0.15) is 0 Å². The van der Waals surface area contributed by atoms with Gasteiger partial charge in [0.15, 0.2) is 0 Å². The third-order valence-electron chi connectivity index (χ3n) is 5.02. The molecule has 0 N–H and O–H groups in total. The molecule has 0 aromatic heterocycles. The van der Waals surface area contributed by atoms with E-state index in [0.717, 1.165) is 12.8 Å². The van der Waals surface area contributed by atoms with Crippen LogP contribution >= 0.6 is 0 Å². The first-order valence-corrected chi connectivity index (χ1v) is 9.15. The van der Waals surface area contributed by atoms with Crippen LogP contribution in [0.2, 0.25) is 0 Å². The van der Waals surface area contributed by atoms with Crippen molar-refractivity contribution in [3.8, 4) is 0 Å². The Morgan fingerprint density at radius 1 is 0.800 bits per heavy atom. The number of amides is 4. The van der Waals surface area contributed by atoms with E-state index in [1.807, 2.05) is 35.5 Å². The topological polar surface area (TPSA) is 64.2 Å². The minimum atomic E-state index is -0.377. The van der Waals surface area contributed by atoms with E-state index in [-0.39, 0.29) is 29.2 Å². The highest BCUT2D eigenvalue weighted by atomic mass is 16.2. The molecule has 2 saturated heterocycles. The van der Waals surface area contributed by atoms with Crippen molar-refractivity contribution >= 4 is 17.8 Å². The van der Waals surface area contributed by atoms with Crippen LogP contribution < -0.4 is 0 Å². The van der Waals surface area contributed by atoms with Crippen LogP contribution in [0.4, 0.5) is 4.79 Å². The summed E-state index contributed by atoms with van der Waals surface area (Å²) >= 11 is 0. The molecule has 142 valence electrons. The van der Waals surface area contributed by atoms with Crippen molar-refractivity contribution < 1.29 is 14.4 Å². The smallest absolute Gasteiger partial charge is 0.319 e. The van der Waals surface area contributed by atoms with Crippen molar-refractivity contribution in [3.05, 3.63) is 0 Å². The molecule has 0 radical (unpaired) electrons. The first kappa shape index (κ1) is 19.5. The van der Waals surface area contributed by atoms with Crippen LogP contribution in [0.3, 0.4) is 0 Å². The quantitative estimate of drug-likeness (QED) is 0.710. The van der Waals surface area contributed by atoms with Crippen LogP contribution in [0.1, 0.15) is 33.6 Å². The molecule has 0 saturated carbocycles. The van der Waals surface area contributed by atoms with Gasteiger partial charge in [0, 0.05) is 64.7 Å². The lowest BCUT2D eigenvalue weighted by Gasteiger charge is -2.40. The van der Waals surface area contributed by atoms with Crippen LogP contribution in [0.25, 0.3) is 0 Å². The summed E-state index contributed by atoms with van der Waals surface area (Å²) in [7, 11) is 3.50. The molecule has 7 nitrogen and oxygen atoms in total. The number of piperidine rings is 1. The molecule has 0 atom stereocenters. The molecular weight excluding hydrogens is 320 g/mol. The summed E-state index contributed by atoms with van der Waals surface area (Å²) in [5.41, 5.74) is -0.377. The predicted octanol–water partition coefficient (Wildman–Crippen LogP) is 1.10. The molecule has 0 bridgehead atoms. The molecule has 0 unspecified atom stereocenters. The van der Waals surface area contributed by atoms with E-state index in [1.54, 1.807) is 19.0 Å². The normalized spacial score (nSPS) is 19.8. The average molecular weight is 352 g/mol. The van der Waals surface area contributed by atoms with E-state index in [4.69, 9.17) is 0 Å². The highest BCUT2D eigenvalue weighted by Gasteiger charge is 2.34. The van der Waals surface area contributed by atoms with Gasteiger partial charge in [-0.3, -0.25) is 9.59 Å². The zero-order valence-electron chi connectivity index (χ0n) is 16.2. The zero-order valence-corrected chi connectivity index (χ0v) is 16.2. The summed E-state index contributed by atoms with van der Waals surface area (Å²) in [5.74, 6) is 0.325. The van der Waals surface area contributed by atoms with Gasteiger partial charge in [-0.25, -0.2) is 4.79 Å². The molecular formula is C18H32N4O3. The molecule has 0 aromatic carbocycles. The van der Waals surface area contributed by atoms with Gasteiger partial charge in [-0.05, 0) is 12.8 Å². The van der Waals surface area contributed by atoms with Gasteiger partial charge in [0.1, 0.15) is 0 Å². The van der Waals surface area contributed by atoms with Gasteiger partial charge in [0.2, 0.25) is 11.8 Å². The largest absolute Gasteiger partial charge is 0.339 e. The first-order chi connectivity index (χ1) is 11.6. The number of likely N-dealkylation sites (tertiary alicyclic amines) is 1. The van der Waals surface area contributed by atoms with E-state index in [2.05, 4.69) is 0 Å². The molecule has 0 spiro atoms. The van der Waals surface area contributed by atoms with Crippen molar-refractivity contribution in [1.29, 1.82) is 0 Å². The van der Waals surface area contributed by atoms with Crippen molar-refractivity contribution in [3.63, 3.8) is 0 Å². The summed E-state index contributed by atoms with van der Waals surface area (Å²) in [6.07, 6.45) is 1.44. The summed E-state index contributed by atoms with van der Waals surface area (Å²) in [5, 5.41) is 0. The first-order valence-electron chi connectivity index (χ1n) is 9.15. The number of hydrogen-bond donors (Lipinski definition) is 0. The summed E-state index contributed by atoms with van der Waals surface area (Å²) < 4.78 is 0. The fourth-order valence-corrected chi connectivity index (χ4v) is 3.46. The standard InChI is InChI=1S/C18H32N4O3/c1-18(2,3)16(24)21-12-10-20(11-13-21)15(23)14-6-8-22(9-7-14)17(25)19(4)5/h14H,6-13H2,1-5H3. The number of hydrogen-bond acceptors (Lipinski definition) is 3. The fourth-order valence-electron chi connectivity index (χ4n) is 3.46. The van der Waals surface area contributed by atoms with Crippen molar-refractivity contribution in [2.24, 2.45) is 11.3 Å². The molecule has 0 aromatic rings. The Kier molecular flexibility index (Phi) is 5.95. The molecule has 2 fully saturated rings. The van der Waals surface area contributed by atoms with Gasteiger partial charge in [0.25, 0.3) is 0 Å². The van der Waals surface area contributed by atoms with Crippen LogP contribution in [0.15, 0.2) is 0 Å². The van der Waals surface area contributed by atoms with Gasteiger partial charge < -0.3 is 19.6 Å². The number of rotatable bonds is 1. The lowest BCUT2D eigenvalue weighted by molar-refractivity contribution is -0.146. The van der Waals surface area contributed by atoms with Crippen LogP contribution in [0, 0.1) is 11.3 Å². The number of carbonyl (C=O) groups is 3. The number of nitrogens with zero attached hydrogens (tertiary/aromatic N) is 4.